The number of hydrogen-bond acceptors (Lipinski definition) is 2. The Hall–Kier alpha value is -4.14. The molecule has 0 aromatic heterocycles. The largest absolute Gasteiger partial charge is 0.492 e. The zero-order chi connectivity index (χ0) is 20.8. The van der Waals surface area contributed by atoms with Crippen molar-refractivity contribution in [1.82, 2.24) is 0 Å². The van der Waals surface area contributed by atoms with Gasteiger partial charge < -0.3 is 9.47 Å². The minimum atomic E-state index is 0.594. The number of methoxy groups -OCH3 is 2. The first-order valence-corrected chi connectivity index (χ1v) is 9.62. The summed E-state index contributed by atoms with van der Waals surface area (Å²) in [5.41, 5.74) is 3.46. The van der Waals surface area contributed by atoms with Gasteiger partial charge in [0.05, 0.1) is 25.3 Å². The number of hydrogen-bond donors (Lipinski definition) is 0. The minimum absolute atomic E-state index is 0.594. The van der Waals surface area contributed by atoms with Gasteiger partial charge in [0.15, 0.2) is 11.5 Å². The van der Waals surface area contributed by atoms with Gasteiger partial charge in [0.1, 0.15) is 0 Å². The van der Waals surface area contributed by atoms with Crippen molar-refractivity contribution in [2.45, 2.75) is 0 Å². The van der Waals surface area contributed by atoms with E-state index in [4.69, 9.17) is 9.47 Å². The van der Waals surface area contributed by atoms with E-state index in [1.807, 2.05) is 84.9 Å². The van der Waals surface area contributed by atoms with Crippen molar-refractivity contribution in [3.63, 3.8) is 0 Å². The molecule has 4 aromatic rings. The van der Waals surface area contributed by atoms with Crippen LogP contribution in [-0.4, -0.2) is 14.2 Å². The van der Waals surface area contributed by atoms with Crippen LogP contribution in [0.1, 0.15) is 22.3 Å². The molecule has 0 fully saturated rings. The van der Waals surface area contributed by atoms with Crippen molar-refractivity contribution in [2.24, 2.45) is 0 Å². The molecular weight excluding hydrogens is 368 g/mol. The van der Waals surface area contributed by atoms with Gasteiger partial charge in [0, 0.05) is 21.9 Å². The summed E-state index contributed by atoms with van der Waals surface area (Å²) in [4.78, 5) is 0. The highest BCUT2D eigenvalue weighted by molar-refractivity contribution is 5.98. The number of fused-ring (bicyclic) bond motifs is 1. The first-order chi connectivity index (χ1) is 14.8. The van der Waals surface area contributed by atoms with E-state index in [1.54, 1.807) is 14.2 Å². The highest BCUT2D eigenvalue weighted by Crippen LogP contribution is 2.41. The average molecular weight is 388 g/mol. The van der Waals surface area contributed by atoms with Crippen molar-refractivity contribution >= 4 is 10.8 Å². The van der Waals surface area contributed by atoms with Crippen LogP contribution in [0.3, 0.4) is 0 Å². The SMILES string of the molecule is COc1c(OC)c(C#Cc2ccccc2)c2ccccc2c1C#Cc1ccccc1. The second-order valence-electron chi connectivity index (χ2n) is 6.59. The fourth-order valence-electron chi connectivity index (χ4n) is 3.34. The molecular formula is C28H20O2. The van der Waals surface area contributed by atoms with Gasteiger partial charge >= 0.3 is 0 Å². The maximum atomic E-state index is 5.76. The van der Waals surface area contributed by atoms with Gasteiger partial charge in [0.25, 0.3) is 0 Å². The first kappa shape index (κ1) is 19.2. The molecule has 0 aliphatic rings. The van der Waals surface area contributed by atoms with E-state index in [-0.39, 0.29) is 0 Å². The molecule has 2 nitrogen and oxygen atoms in total. The summed E-state index contributed by atoms with van der Waals surface area (Å²) in [5.74, 6) is 14.3. The van der Waals surface area contributed by atoms with Crippen LogP contribution in [0.25, 0.3) is 10.8 Å². The molecule has 0 N–H and O–H groups in total. The van der Waals surface area contributed by atoms with Crippen LogP contribution in [0.2, 0.25) is 0 Å². The Balaban J connectivity index is 1.97. The monoisotopic (exact) mass is 388 g/mol. The lowest BCUT2D eigenvalue weighted by Crippen LogP contribution is -1.99. The highest BCUT2D eigenvalue weighted by Gasteiger charge is 2.19. The number of benzene rings is 4. The fourth-order valence-corrected chi connectivity index (χ4v) is 3.34. The molecule has 2 heteroatoms. The highest BCUT2D eigenvalue weighted by atomic mass is 16.5. The molecule has 0 saturated carbocycles. The Bertz CT molecular complexity index is 1190. The van der Waals surface area contributed by atoms with Gasteiger partial charge in [-0.2, -0.15) is 0 Å². The molecule has 30 heavy (non-hydrogen) atoms. The minimum Gasteiger partial charge on any atom is -0.492 e. The van der Waals surface area contributed by atoms with Crippen LogP contribution in [0.4, 0.5) is 0 Å². The van der Waals surface area contributed by atoms with Crippen LogP contribution in [0, 0.1) is 23.7 Å². The van der Waals surface area contributed by atoms with Crippen LogP contribution in [0.15, 0.2) is 84.9 Å². The van der Waals surface area contributed by atoms with Crippen LogP contribution in [-0.2, 0) is 0 Å². The first-order valence-electron chi connectivity index (χ1n) is 9.62. The van der Waals surface area contributed by atoms with E-state index in [2.05, 4.69) is 23.7 Å². The zero-order valence-corrected chi connectivity index (χ0v) is 16.9. The molecule has 0 atom stereocenters. The van der Waals surface area contributed by atoms with Gasteiger partial charge in [-0.25, -0.2) is 0 Å². The third-order valence-corrected chi connectivity index (χ3v) is 4.75. The van der Waals surface area contributed by atoms with Gasteiger partial charge in [-0.15, -0.1) is 0 Å². The lowest BCUT2D eigenvalue weighted by atomic mass is 9.97. The summed E-state index contributed by atoms with van der Waals surface area (Å²) in [5, 5.41) is 1.96. The van der Waals surface area contributed by atoms with Crippen LogP contribution in [0.5, 0.6) is 11.5 Å². The molecule has 144 valence electrons. The smallest absolute Gasteiger partial charge is 0.178 e. The van der Waals surface area contributed by atoms with Crippen molar-refractivity contribution in [3.05, 3.63) is 107 Å². The van der Waals surface area contributed by atoms with E-state index in [0.29, 0.717) is 11.5 Å². The molecule has 0 heterocycles. The number of rotatable bonds is 2. The molecule has 0 aliphatic carbocycles. The lowest BCUT2D eigenvalue weighted by molar-refractivity contribution is 0.354. The van der Waals surface area contributed by atoms with Crippen molar-refractivity contribution in [2.75, 3.05) is 14.2 Å². The lowest BCUT2D eigenvalue weighted by Gasteiger charge is -2.15. The molecule has 4 aromatic carbocycles. The van der Waals surface area contributed by atoms with Crippen LogP contribution >= 0.6 is 0 Å². The molecule has 0 spiro atoms. The molecule has 0 saturated heterocycles. The Kier molecular flexibility index (Phi) is 5.70. The quantitative estimate of drug-likeness (QED) is 0.413. The van der Waals surface area contributed by atoms with Gasteiger partial charge in [-0.05, 0) is 24.3 Å². The molecule has 4 rings (SSSR count). The Morgan fingerprint density at radius 2 is 0.833 bits per heavy atom. The summed E-state index contributed by atoms with van der Waals surface area (Å²) >= 11 is 0. The second-order valence-corrected chi connectivity index (χ2v) is 6.59. The summed E-state index contributed by atoms with van der Waals surface area (Å²) in [7, 11) is 3.27. The summed E-state index contributed by atoms with van der Waals surface area (Å²) in [6, 6.07) is 27.9. The molecule has 0 aliphatic heterocycles. The van der Waals surface area contributed by atoms with E-state index in [1.165, 1.54) is 0 Å². The average Bonchev–Trinajstić information content (AvgIpc) is 2.82. The van der Waals surface area contributed by atoms with Crippen molar-refractivity contribution in [3.8, 4) is 35.2 Å². The van der Waals surface area contributed by atoms with Crippen molar-refractivity contribution < 1.29 is 9.47 Å². The third-order valence-electron chi connectivity index (χ3n) is 4.75. The summed E-state index contributed by atoms with van der Waals surface area (Å²) in [6.07, 6.45) is 0. The predicted octanol–water partition coefficient (Wildman–Crippen LogP) is 5.66. The molecule has 0 radical (unpaired) electrons. The predicted molar refractivity (Wildman–Crippen MR) is 122 cm³/mol. The van der Waals surface area contributed by atoms with Gasteiger partial charge in [0.2, 0.25) is 0 Å². The molecule has 0 amide bonds. The fraction of sp³-hybridized carbons (Fsp3) is 0.0714. The Morgan fingerprint density at radius 3 is 1.20 bits per heavy atom. The van der Waals surface area contributed by atoms with Crippen molar-refractivity contribution in [1.29, 1.82) is 0 Å². The normalized spacial score (nSPS) is 9.80. The maximum absolute atomic E-state index is 5.76. The number of ether oxygens (including phenoxy) is 2. The van der Waals surface area contributed by atoms with E-state index < -0.39 is 0 Å². The van der Waals surface area contributed by atoms with Gasteiger partial charge in [-0.1, -0.05) is 84.3 Å². The van der Waals surface area contributed by atoms with E-state index in [9.17, 15) is 0 Å². The zero-order valence-electron chi connectivity index (χ0n) is 16.9. The van der Waals surface area contributed by atoms with Gasteiger partial charge in [-0.3, -0.25) is 0 Å². The van der Waals surface area contributed by atoms with E-state index in [0.717, 1.165) is 33.0 Å². The Morgan fingerprint density at radius 1 is 0.467 bits per heavy atom. The maximum Gasteiger partial charge on any atom is 0.178 e. The summed E-state index contributed by atoms with van der Waals surface area (Å²) in [6.45, 7) is 0. The standard InChI is InChI=1S/C28H20O2/c1-29-27-25(19-17-21-11-5-3-6-12-21)23-15-9-10-16-24(23)26(28(27)30-2)20-18-22-13-7-4-8-14-22/h3-16H,1-2H3. The Labute approximate surface area is 177 Å². The van der Waals surface area contributed by atoms with Crippen LogP contribution < -0.4 is 9.47 Å². The van der Waals surface area contributed by atoms with E-state index >= 15 is 0 Å². The third kappa shape index (κ3) is 3.86. The topological polar surface area (TPSA) is 18.5 Å². The molecule has 0 unspecified atom stereocenters. The summed E-state index contributed by atoms with van der Waals surface area (Å²) < 4.78 is 11.5. The second kappa shape index (κ2) is 8.91. The molecule has 0 bridgehead atoms.